The maximum atomic E-state index is 11.6. The molecule has 18 heavy (non-hydrogen) atoms. The standard InChI is InChI=1S/C10H4Cl2O6/c11-3-4(12)6(14)2-1(5(3)13)7(15)9(17)10(18)8(2)16/h9,13-14,17H. The van der Waals surface area contributed by atoms with Gasteiger partial charge in [0.15, 0.2) is 6.10 Å². The molecule has 3 N–H and O–H groups in total. The van der Waals surface area contributed by atoms with Crippen molar-refractivity contribution in [3.63, 3.8) is 0 Å². The fourth-order valence-corrected chi connectivity index (χ4v) is 2.00. The summed E-state index contributed by atoms with van der Waals surface area (Å²) < 4.78 is 0. The fraction of sp³-hybridized carbons (Fsp3) is 0.100. The van der Waals surface area contributed by atoms with E-state index >= 15 is 0 Å². The molecule has 0 bridgehead atoms. The van der Waals surface area contributed by atoms with Gasteiger partial charge in [0.05, 0.1) is 11.1 Å². The number of hydrogen-bond donors (Lipinski definition) is 3. The van der Waals surface area contributed by atoms with E-state index in [1.54, 1.807) is 0 Å². The highest BCUT2D eigenvalue weighted by Crippen LogP contribution is 2.45. The van der Waals surface area contributed by atoms with E-state index in [4.69, 9.17) is 23.2 Å². The Kier molecular flexibility index (Phi) is 2.81. The molecular formula is C10H4Cl2O6. The maximum absolute atomic E-state index is 11.6. The highest BCUT2D eigenvalue weighted by molar-refractivity contribution is 6.55. The lowest BCUT2D eigenvalue weighted by Crippen LogP contribution is -2.41. The average molecular weight is 291 g/mol. The first-order valence-electron chi connectivity index (χ1n) is 4.52. The van der Waals surface area contributed by atoms with Gasteiger partial charge < -0.3 is 15.3 Å². The van der Waals surface area contributed by atoms with Gasteiger partial charge in [-0.15, -0.1) is 0 Å². The van der Waals surface area contributed by atoms with Gasteiger partial charge in [0.25, 0.3) is 0 Å². The van der Waals surface area contributed by atoms with Crippen molar-refractivity contribution in [2.75, 3.05) is 0 Å². The predicted octanol–water partition coefficient (Wildman–Crippen LogP) is 0.714. The Balaban J connectivity index is 2.94. The first kappa shape index (κ1) is 12.8. The minimum absolute atomic E-state index is 0.546. The number of carbonyl (C=O) groups excluding carboxylic acids is 3. The zero-order chi connectivity index (χ0) is 13.8. The number of Topliss-reactive ketones (excluding diaryl/α,β-unsaturated/α-hetero) is 3. The smallest absolute Gasteiger partial charge is 0.239 e. The second-order valence-electron chi connectivity index (χ2n) is 3.54. The van der Waals surface area contributed by atoms with Crippen LogP contribution in [0.15, 0.2) is 0 Å². The minimum Gasteiger partial charge on any atom is -0.506 e. The number of halogens is 2. The number of carbonyl (C=O) groups is 3. The lowest BCUT2D eigenvalue weighted by molar-refractivity contribution is -0.120. The molecule has 0 heterocycles. The molecule has 1 aliphatic carbocycles. The van der Waals surface area contributed by atoms with Crippen LogP contribution in [0.5, 0.6) is 11.5 Å². The van der Waals surface area contributed by atoms with E-state index in [2.05, 4.69) is 0 Å². The number of phenols is 2. The summed E-state index contributed by atoms with van der Waals surface area (Å²) in [5, 5.41) is 27.4. The summed E-state index contributed by atoms with van der Waals surface area (Å²) in [6, 6.07) is 0. The number of aromatic hydroxyl groups is 2. The number of hydrogen-bond acceptors (Lipinski definition) is 6. The van der Waals surface area contributed by atoms with Gasteiger partial charge in [0.1, 0.15) is 21.5 Å². The molecule has 1 aliphatic rings. The number of phenolic OH excluding ortho intramolecular Hbond substituents is 2. The summed E-state index contributed by atoms with van der Waals surface area (Å²) in [7, 11) is 0. The number of rotatable bonds is 0. The Morgan fingerprint density at radius 2 is 1.28 bits per heavy atom. The predicted molar refractivity (Wildman–Crippen MR) is 59.5 cm³/mol. The third kappa shape index (κ3) is 1.43. The summed E-state index contributed by atoms with van der Waals surface area (Å²) in [5.74, 6) is -5.68. The maximum Gasteiger partial charge on any atom is 0.239 e. The van der Waals surface area contributed by atoms with E-state index in [-0.39, 0.29) is 0 Å². The van der Waals surface area contributed by atoms with E-state index in [1.807, 2.05) is 0 Å². The minimum atomic E-state index is -2.22. The van der Waals surface area contributed by atoms with Gasteiger partial charge in [-0.3, -0.25) is 14.4 Å². The van der Waals surface area contributed by atoms with Gasteiger partial charge in [-0.1, -0.05) is 23.2 Å². The van der Waals surface area contributed by atoms with Gasteiger partial charge in [-0.2, -0.15) is 0 Å². The fourth-order valence-electron chi connectivity index (χ4n) is 1.63. The van der Waals surface area contributed by atoms with Crippen LogP contribution in [0.1, 0.15) is 20.7 Å². The van der Waals surface area contributed by atoms with Gasteiger partial charge >= 0.3 is 0 Å². The molecule has 0 radical (unpaired) electrons. The summed E-state index contributed by atoms with van der Waals surface area (Å²) in [5.41, 5.74) is -1.46. The van der Waals surface area contributed by atoms with Crippen LogP contribution in [0.3, 0.4) is 0 Å². The molecule has 2 rings (SSSR count). The molecule has 6 nitrogen and oxygen atoms in total. The number of fused-ring (bicyclic) bond motifs is 1. The monoisotopic (exact) mass is 290 g/mol. The summed E-state index contributed by atoms with van der Waals surface area (Å²) >= 11 is 11.1. The SMILES string of the molecule is O=C1C(=O)C(O)C(=O)c2c(O)c(Cl)c(Cl)c(O)c21. The number of benzene rings is 1. The Morgan fingerprint density at radius 1 is 0.833 bits per heavy atom. The third-order valence-corrected chi connectivity index (χ3v) is 3.36. The van der Waals surface area contributed by atoms with Crippen LogP contribution in [0.25, 0.3) is 0 Å². The Hall–Kier alpha value is -1.63. The second kappa shape index (κ2) is 3.94. The number of aliphatic hydroxyl groups excluding tert-OH is 1. The summed E-state index contributed by atoms with van der Waals surface area (Å²) in [6.45, 7) is 0. The van der Waals surface area contributed by atoms with E-state index in [9.17, 15) is 29.7 Å². The summed E-state index contributed by atoms with van der Waals surface area (Å²) in [4.78, 5) is 34.5. The van der Waals surface area contributed by atoms with Crippen molar-refractivity contribution in [2.45, 2.75) is 6.10 Å². The van der Waals surface area contributed by atoms with Gasteiger partial charge in [-0.05, 0) is 0 Å². The molecule has 0 aliphatic heterocycles. The molecule has 1 atom stereocenters. The lowest BCUT2D eigenvalue weighted by Gasteiger charge is -2.20. The van der Waals surface area contributed by atoms with E-state index in [0.29, 0.717) is 0 Å². The van der Waals surface area contributed by atoms with Gasteiger partial charge in [-0.25, -0.2) is 0 Å². The topological polar surface area (TPSA) is 112 Å². The van der Waals surface area contributed by atoms with Crippen molar-refractivity contribution in [1.82, 2.24) is 0 Å². The van der Waals surface area contributed by atoms with Crippen LogP contribution in [0.2, 0.25) is 10.0 Å². The molecular weight excluding hydrogens is 287 g/mol. The Morgan fingerprint density at radius 3 is 1.78 bits per heavy atom. The van der Waals surface area contributed by atoms with Crippen LogP contribution < -0.4 is 0 Å². The summed E-state index contributed by atoms with van der Waals surface area (Å²) in [6.07, 6.45) is -2.22. The number of aliphatic hydroxyl groups is 1. The second-order valence-corrected chi connectivity index (χ2v) is 4.29. The molecule has 8 heteroatoms. The van der Waals surface area contributed by atoms with Crippen LogP contribution in [0.4, 0.5) is 0 Å². The number of ketones is 3. The Labute approximate surface area is 109 Å². The molecule has 0 saturated carbocycles. The molecule has 0 fully saturated rings. The van der Waals surface area contributed by atoms with Crippen molar-refractivity contribution >= 4 is 40.6 Å². The van der Waals surface area contributed by atoms with E-state index in [0.717, 1.165) is 0 Å². The highest BCUT2D eigenvalue weighted by atomic mass is 35.5. The molecule has 0 spiro atoms. The zero-order valence-corrected chi connectivity index (χ0v) is 9.91. The normalized spacial score (nSPS) is 19.1. The average Bonchev–Trinajstić information content (AvgIpc) is 2.35. The molecule has 94 valence electrons. The lowest BCUT2D eigenvalue weighted by atomic mass is 9.85. The van der Waals surface area contributed by atoms with Crippen LogP contribution in [-0.2, 0) is 4.79 Å². The third-order valence-electron chi connectivity index (χ3n) is 2.53. The van der Waals surface area contributed by atoms with Crippen LogP contribution >= 0.6 is 23.2 Å². The van der Waals surface area contributed by atoms with Crippen LogP contribution in [-0.4, -0.2) is 38.8 Å². The van der Waals surface area contributed by atoms with Crippen molar-refractivity contribution in [3.8, 4) is 11.5 Å². The first-order chi connectivity index (χ1) is 8.29. The van der Waals surface area contributed by atoms with Crippen molar-refractivity contribution < 1.29 is 29.7 Å². The Bertz CT molecular complexity index is 622. The zero-order valence-electron chi connectivity index (χ0n) is 8.40. The van der Waals surface area contributed by atoms with E-state index < -0.39 is 56.1 Å². The molecule has 1 unspecified atom stereocenters. The first-order valence-corrected chi connectivity index (χ1v) is 5.28. The molecule has 1 aromatic rings. The molecule has 0 saturated heterocycles. The van der Waals surface area contributed by atoms with Crippen molar-refractivity contribution in [1.29, 1.82) is 0 Å². The van der Waals surface area contributed by atoms with Gasteiger partial charge in [0.2, 0.25) is 17.3 Å². The van der Waals surface area contributed by atoms with E-state index in [1.165, 1.54) is 0 Å². The molecule has 0 aromatic heterocycles. The van der Waals surface area contributed by atoms with Crippen LogP contribution in [0, 0.1) is 0 Å². The van der Waals surface area contributed by atoms with Crippen molar-refractivity contribution in [3.05, 3.63) is 21.2 Å². The highest BCUT2D eigenvalue weighted by Gasteiger charge is 2.44. The largest absolute Gasteiger partial charge is 0.506 e. The molecule has 1 aromatic carbocycles. The quantitative estimate of drug-likeness (QED) is 0.369. The molecule has 0 amide bonds. The van der Waals surface area contributed by atoms with Gasteiger partial charge in [0, 0.05) is 0 Å². The van der Waals surface area contributed by atoms with Crippen molar-refractivity contribution in [2.24, 2.45) is 0 Å².